The van der Waals surface area contributed by atoms with Crippen LogP contribution in [0.4, 0.5) is 11.4 Å². The van der Waals surface area contributed by atoms with Gasteiger partial charge in [-0.25, -0.2) is 0 Å². The number of carbonyl (C=O) groups excluding carboxylic acids is 1. The van der Waals surface area contributed by atoms with Crippen molar-refractivity contribution in [3.63, 3.8) is 0 Å². The van der Waals surface area contributed by atoms with E-state index in [1.165, 1.54) is 0 Å². The molecule has 0 aliphatic rings. The van der Waals surface area contributed by atoms with Crippen molar-refractivity contribution in [2.75, 3.05) is 10.6 Å². The fraction of sp³-hybridized carbons (Fsp3) is 0.0588. The van der Waals surface area contributed by atoms with Crippen LogP contribution in [0.1, 0.15) is 16.2 Å². The lowest BCUT2D eigenvalue weighted by atomic mass is 10.2. The third-order valence-electron chi connectivity index (χ3n) is 3.16. The predicted octanol–water partition coefficient (Wildman–Crippen LogP) is 4.30. The van der Waals surface area contributed by atoms with E-state index in [1.807, 2.05) is 36.4 Å². The molecule has 3 rings (SSSR count). The van der Waals surface area contributed by atoms with Crippen LogP contribution in [0.15, 0.2) is 69.9 Å². The summed E-state index contributed by atoms with van der Waals surface area (Å²) in [6.45, 7) is 0.544. The highest BCUT2D eigenvalue weighted by atomic mass is 79.9. The molecule has 3 aromatic rings. The molecule has 0 fully saturated rings. The molecule has 0 atom stereocenters. The van der Waals surface area contributed by atoms with Gasteiger partial charge in [-0.05, 0) is 52.3 Å². The Labute approximate surface area is 141 Å². The van der Waals surface area contributed by atoms with Gasteiger partial charge in [0.2, 0.25) is 0 Å². The Hall–Kier alpha value is -2.60. The Morgan fingerprint density at radius 3 is 2.83 bits per heavy atom. The first kappa shape index (κ1) is 15.3. The predicted molar refractivity (Wildman–Crippen MR) is 92.4 cm³/mol. The van der Waals surface area contributed by atoms with Crippen LogP contribution in [0.3, 0.4) is 0 Å². The van der Waals surface area contributed by atoms with Gasteiger partial charge in [0.25, 0.3) is 5.91 Å². The number of rotatable bonds is 5. The van der Waals surface area contributed by atoms with E-state index < -0.39 is 0 Å². The minimum absolute atomic E-state index is 0.265. The summed E-state index contributed by atoms with van der Waals surface area (Å²) in [5.41, 5.74) is 1.84. The van der Waals surface area contributed by atoms with Gasteiger partial charge in [0.15, 0.2) is 0 Å². The van der Waals surface area contributed by atoms with E-state index in [0.717, 1.165) is 15.9 Å². The van der Waals surface area contributed by atoms with Crippen LogP contribution in [0.2, 0.25) is 0 Å². The van der Waals surface area contributed by atoms with Crippen LogP contribution < -0.4 is 10.6 Å². The molecule has 2 heterocycles. The van der Waals surface area contributed by atoms with Crippen LogP contribution in [0, 0.1) is 0 Å². The number of halogens is 1. The maximum absolute atomic E-state index is 12.3. The van der Waals surface area contributed by atoms with Crippen LogP contribution in [-0.4, -0.2) is 10.9 Å². The number of para-hydroxylation sites is 1. The molecule has 0 saturated heterocycles. The molecule has 23 heavy (non-hydrogen) atoms. The fourth-order valence-electron chi connectivity index (χ4n) is 2.02. The number of pyridine rings is 1. The van der Waals surface area contributed by atoms with Crippen molar-refractivity contribution in [2.24, 2.45) is 0 Å². The molecule has 0 radical (unpaired) electrons. The summed E-state index contributed by atoms with van der Waals surface area (Å²) in [7, 11) is 0. The van der Waals surface area contributed by atoms with Crippen molar-refractivity contribution >= 4 is 33.2 Å². The number of hydrogen-bond acceptors (Lipinski definition) is 4. The molecule has 0 saturated carbocycles. The molecule has 2 N–H and O–H groups in total. The number of amides is 1. The first-order chi connectivity index (χ1) is 11.2. The molecule has 0 unspecified atom stereocenters. The second-order valence-electron chi connectivity index (χ2n) is 4.80. The number of nitrogens with zero attached hydrogens (tertiary/aromatic N) is 1. The second-order valence-corrected chi connectivity index (χ2v) is 5.65. The van der Waals surface area contributed by atoms with Crippen LogP contribution in [-0.2, 0) is 6.54 Å². The minimum atomic E-state index is -0.265. The number of benzene rings is 1. The van der Waals surface area contributed by atoms with E-state index in [-0.39, 0.29) is 5.91 Å². The standard InChI is InChI=1S/C17H14BrN3O2/c18-14-5-1-2-6-15(14)21-17(22)16-10-12(7-8-19-16)20-11-13-4-3-9-23-13/h1-10H,11H2,(H,19,20)(H,21,22). The molecule has 1 aromatic carbocycles. The van der Waals surface area contributed by atoms with Gasteiger partial charge in [0, 0.05) is 16.4 Å². The highest BCUT2D eigenvalue weighted by Crippen LogP contribution is 2.22. The summed E-state index contributed by atoms with van der Waals surface area (Å²) in [4.78, 5) is 16.4. The van der Waals surface area contributed by atoms with Gasteiger partial charge >= 0.3 is 0 Å². The monoisotopic (exact) mass is 371 g/mol. The summed E-state index contributed by atoms with van der Waals surface area (Å²) >= 11 is 3.40. The molecular formula is C17H14BrN3O2. The quantitative estimate of drug-likeness (QED) is 0.701. The number of hydrogen-bond donors (Lipinski definition) is 2. The molecule has 1 amide bonds. The first-order valence-electron chi connectivity index (χ1n) is 7.00. The van der Waals surface area contributed by atoms with Gasteiger partial charge in [-0.15, -0.1) is 0 Å². The van der Waals surface area contributed by atoms with E-state index in [9.17, 15) is 4.79 Å². The topological polar surface area (TPSA) is 67.2 Å². The Kier molecular flexibility index (Phi) is 4.73. The molecule has 0 aliphatic carbocycles. The summed E-state index contributed by atoms with van der Waals surface area (Å²) in [5, 5.41) is 6.02. The van der Waals surface area contributed by atoms with E-state index in [1.54, 1.807) is 24.6 Å². The average Bonchev–Trinajstić information content (AvgIpc) is 3.09. The second kappa shape index (κ2) is 7.11. The molecule has 116 valence electrons. The third-order valence-corrected chi connectivity index (χ3v) is 3.85. The van der Waals surface area contributed by atoms with Gasteiger partial charge in [0.1, 0.15) is 11.5 Å². The molecule has 5 nitrogen and oxygen atoms in total. The Balaban J connectivity index is 1.69. The van der Waals surface area contributed by atoms with Crippen molar-refractivity contribution in [3.05, 3.63) is 76.9 Å². The van der Waals surface area contributed by atoms with Crippen LogP contribution >= 0.6 is 15.9 Å². The van der Waals surface area contributed by atoms with Crippen LogP contribution in [0.5, 0.6) is 0 Å². The van der Waals surface area contributed by atoms with Gasteiger partial charge in [-0.3, -0.25) is 9.78 Å². The molecule has 0 spiro atoms. The molecule has 0 bridgehead atoms. The fourth-order valence-corrected chi connectivity index (χ4v) is 2.40. The largest absolute Gasteiger partial charge is 0.467 e. The van der Waals surface area contributed by atoms with Crippen molar-refractivity contribution in [1.82, 2.24) is 4.98 Å². The Morgan fingerprint density at radius 1 is 1.17 bits per heavy atom. The number of furan rings is 1. The number of nitrogens with one attached hydrogen (secondary N) is 2. The Bertz CT molecular complexity index is 803. The maximum atomic E-state index is 12.3. The molecule has 0 aliphatic heterocycles. The SMILES string of the molecule is O=C(Nc1ccccc1Br)c1cc(NCc2ccco2)ccn1. The van der Waals surface area contributed by atoms with Gasteiger partial charge in [-0.1, -0.05) is 12.1 Å². The van der Waals surface area contributed by atoms with Crippen molar-refractivity contribution in [1.29, 1.82) is 0 Å². The van der Waals surface area contributed by atoms with E-state index in [4.69, 9.17) is 4.42 Å². The van der Waals surface area contributed by atoms with Crippen molar-refractivity contribution in [3.8, 4) is 0 Å². The lowest BCUT2D eigenvalue weighted by Crippen LogP contribution is -2.14. The number of anilines is 2. The summed E-state index contributed by atoms with van der Waals surface area (Å²) < 4.78 is 6.08. The van der Waals surface area contributed by atoms with Gasteiger partial charge < -0.3 is 15.1 Å². The van der Waals surface area contributed by atoms with Crippen LogP contribution in [0.25, 0.3) is 0 Å². The highest BCUT2D eigenvalue weighted by molar-refractivity contribution is 9.10. The zero-order valence-corrected chi connectivity index (χ0v) is 13.7. The van der Waals surface area contributed by atoms with Gasteiger partial charge in [0.05, 0.1) is 18.5 Å². The lowest BCUT2D eigenvalue weighted by molar-refractivity contribution is 0.102. The molecular weight excluding hydrogens is 358 g/mol. The van der Waals surface area contributed by atoms with E-state index >= 15 is 0 Å². The minimum Gasteiger partial charge on any atom is -0.467 e. The van der Waals surface area contributed by atoms with Crippen molar-refractivity contribution in [2.45, 2.75) is 6.54 Å². The van der Waals surface area contributed by atoms with E-state index in [2.05, 4.69) is 31.5 Å². The first-order valence-corrected chi connectivity index (χ1v) is 7.80. The Morgan fingerprint density at radius 2 is 2.04 bits per heavy atom. The normalized spacial score (nSPS) is 10.3. The van der Waals surface area contributed by atoms with Crippen molar-refractivity contribution < 1.29 is 9.21 Å². The smallest absolute Gasteiger partial charge is 0.274 e. The lowest BCUT2D eigenvalue weighted by Gasteiger charge is -2.08. The third kappa shape index (κ3) is 3.98. The average molecular weight is 372 g/mol. The van der Waals surface area contributed by atoms with E-state index in [0.29, 0.717) is 17.9 Å². The number of aromatic nitrogens is 1. The van der Waals surface area contributed by atoms with Gasteiger partial charge in [-0.2, -0.15) is 0 Å². The highest BCUT2D eigenvalue weighted by Gasteiger charge is 2.10. The summed E-state index contributed by atoms with van der Waals surface area (Å²) in [6, 6.07) is 14.7. The molecule has 2 aromatic heterocycles. The maximum Gasteiger partial charge on any atom is 0.274 e. The zero-order chi connectivity index (χ0) is 16.1. The molecule has 6 heteroatoms. The zero-order valence-electron chi connectivity index (χ0n) is 12.1. The summed E-state index contributed by atoms with van der Waals surface area (Å²) in [6.07, 6.45) is 3.22. The summed E-state index contributed by atoms with van der Waals surface area (Å²) in [5.74, 6) is 0.555. The number of carbonyl (C=O) groups is 1.